The van der Waals surface area contributed by atoms with Crippen molar-refractivity contribution in [1.82, 2.24) is 14.9 Å². The second kappa shape index (κ2) is 9.36. The summed E-state index contributed by atoms with van der Waals surface area (Å²) in [5.41, 5.74) is 0.708. The summed E-state index contributed by atoms with van der Waals surface area (Å²) in [5.74, 6) is -0.0933. The molecule has 7 nitrogen and oxygen atoms in total. The van der Waals surface area contributed by atoms with E-state index in [9.17, 15) is 9.59 Å². The van der Waals surface area contributed by atoms with Gasteiger partial charge in [-0.2, -0.15) is 0 Å². The van der Waals surface area contributed by atoms with Crippen molar-refractivity contribution >= 4 is 40.4 Å². The largest absolute Gasteiger partial charge is 0.495 e. The van der Waals surface area contributed by atoms with Crippen molar-refractivity contribution < 1.29 is 14.3 Å². The molecule has 4 rings (SSSR count). The van der Waals surface area contributed by atoms with Crippen LogP contribution in [0.4, 0.5) is 5.69 Å². The van der Waals surface area contributed by atoms with E-state index in [1.54, 1.807) is 24.6 Å². The zero-order valence-electron chi connectivity index (χ0n) is 16.5. The number of nitrogens with one attached hydrogen (secondary N) is 1. The zero-order valence-corrected chi connectivity index (χ0v) is 18.1. The topological polar surface area (TPSA) is 84.4 Å². The number of carbonyl (C=O) groups excluding carboxylic acids is 2. The Balaban J connectivity index is 1.80. The SMILES string of the molecule is COc1ccccc1N(C(=O)c1csnn1)[C@@H](C(=O)NC1CCCC1)c1cccs1. The van der Waals surface area contributed by atoms with Gasteiger partial charge in [-0.25, -0.2) is 0 Å². The molecule has 1 atom stereocenters. The molecule has 1 aliphatic rings. The number of amides is 2. The summed E-state index contributed by atoms with van der Waals surface area (Å²) < 4.78 is 9.35. The third kappa shape index (κ3) is 4.22. The molecule has 156 valence electrons. The molecule has 0 radical (unpaired) electrons. The van der Waals surface area contributed by atoms with Crippen molar-refractivity contribution in [2.75, 3.05) is 12.0 Å². The van der Waals surface area contributed by atoms with Crippen LogP contribution in [0.2, 0.25) is 0 Å². The van der Waals surface area contributed by atoms with Crippen LogP contribution in [0.5, 0.6) is 5.75 Å². The number of ether oxygens (including phenoxy) is 1. The van der Waals surface area contributed by atoms with Gasteiger partial charge in [-0.3, -0.25) is 14.5 Å². The molecule has 3 aromatic rings. The lowest BCUT2D eigenvalue weighted by atomic mass is 10.1. The molecule has 1 aromatic carbocycles. The maximum Gasteiger partial charge on any atom is 0.280 e. The van der Waals surface area contributed by atoms with Gasteiger partial charge in [0.25, 0.3) is 5.91 Å². The Labute approximate surface area is 182 Å². The highest BCUT2D eigenvalue weighted by molar-refractivity contribution is 7.10. The minimum absolute atomic E-state index is 0.135. The van der Waals surface area contributed by atoms with E-state index >= 15 is 0 Å². The number of hydrogen-bond acceptors (Lipinski definition) is 7. The predicted molar refractivity (Wildman–Crippen MR) is 117 cm³/mol. The molecule has 0 bridgehead atoms. The van der Waals surface area contributed by atoms with Gasteiger partial charge in [-0.15, -0.1) is 16.4 Å². The van der Waals surface area contributed by atoms with Crippen LogP contribution in [0.15, 0.2) is 47.2 Å². The van der Waals surface area contributed by atoms with Gasteiger partial charge in [0.05, 0.1) is 12.8 Å². The van der Waals surface area contributed by atoms with Crippen molar-refractivity contribution in [2.24, 2.45) is 0 Å². The molecule has 1 saturated carbocycles. The van der Waals surface area contributed by atoms with Crippen LogP contribution in [0, 0.1) is 0 Å². The van der Waals surface area contributed by atoms with E-state index in [1.807, 2.05) is 29.6 Å². The van der Waals surface area contributed by atoms with E-state index in [4.69, 9.17) is 4.74 Å². The van der Waals surface area contributed by atoms with Crippen molar-refractivity contribution in [1.29, 1.82) is 0 Å². The summed E-state index contributed by atoms with van der Waals surface area (Å²) in [5, 5.41) is 10.6. The summed E-state index contributed by atoms with van der Waals surface area (Å²) in [7, 11) is 1.55. The number of thiophene rings is 1. The second-order valence-electron chi connectivity index (χ2n) is 7.05. The van der Waals surface area contributed by atoms with E-state index in [0.29, 0.717) is 11.4 Å². The van der Waals surface area contributed by atoms with Crippen molar-refractivity contribution in [3.63, 3.8) is 0 Å². The van der Waals surface area contributed by atoms with Crippen LogP contribution < -0.4 is 15.0 Å². The first-order valence-corrected chi connectivity index (χ1v) is 11.5. The number of carbonyl (C=O) groups is 2. The first-order chi connectivity index (χ1) is 14.7. The van der Waals surface area contributed by atoms with E-state index in [1.165, 1.54) is 16.2 Å². The quantitative estimate of drug-likeness (QED) is 0.597. The summed E-state index contributed by atoms with van der Waals surface area (Å²) in [6.45, 7) is 0. The van der Waals surface area contributed by atoms with Gasteiger partial charge in [0.1, 0.15) is 5.75 Å². The lowest BCUT2D eigenvalue weighted by Gasteiger charge is -2.31. The number of rotatable bonds is 7. The van der Waals surface area contributed by atoms with Crippen LogP contribution in [0.25, 0.3) is 0 Å². The number of methoxy groups -OCH3 is 1. The third-order valence-electron chi connectivity index (χ3n) is 5.16. The molecule has 2 amide bonds. The normalized spacial score (nSPS) is 15.0. The van der Waals surface area contributed by atoms with E-state index in [2.05, 4.69) is 14.9 Å². The molecule has 2 aromatic heterocycles. The zero-order chi connectivity index (χ0) is 20.9. The summed E-state index contributed by atoms with van der Waals surface area (Å²) in [6, 6.07) is 10.2. The molecule has 0 aliphatic heterocycles. The average molecular weight is 443 g/mol. The Morgan fingerprint density at radius 3 is 2.67 bits per heavy atom. The fourth-order valence-corrected chi connectivity index (χ4v) is 4.99. The monoisotopic (exact) mass is 442 g/mol. The Kier molecular flexibility index (Phi) is 6.39. The Hall–Kier alpha value is -2.78. The Morgan fingerprint density at radius 2 is 2.00 bits per heavy atom. The number of anilines is 1. The molecule has 30 heavy (non-hydrogen) atoms. The molecule has 1 aliphatic carbocycles. The Morgan fingerprint density at radius 1 is 1.20 bits per heavy atom. The van der Waals surface area contributed by atoms with E-state index in [0.717, 1.165) is 42.1 Å². The molecule has 1 fully saturated rings. The first-order valence-electron chi connectivity index (χ1n) is 9.76. The summed E-state index contributed by atoms with van der Waals surface area (Å²) in [4.78, 5) is 29.3. The predicted octanol–water partition coefficient (Wildman–Crippen LogP) is 4.06. The first kappa shape index (κ1) is 20.5. The summed E-state index contributed by atoms with van der Waals surface area (Å²) >= 11 is 2.54. The molecule has 1 N–H and O–H groups in total. The summed E-state index contributed by atoms with van der Waals surface area (Å²) in [6.07, 6.45) is 4.13. The fraction of sp³-hybridized carbons (Fsp3) is 0.333. The van der Waals surface area contributed by atoms with E-state index < -0.39 is 11.9 Å². The van der Waals surface area contributed by atoms with E-state index in [-0.39, 0.29) is 17.6 Å². The number of hydrogen-bond donors (Lipinski definition) is 1. The maximum absolute atomic E-state index is 13.6. The van der Waals surface area contributed by atoms with Gasteiger partial charge in [0.15, 0.2) is 11.7 Å². The van der Waals surface area contributed by atoms with Crippen molar-refractivity contribution in [3.05, 3.63) is 57.7 Å². The van der Waals surface area contributed by atoms with Gasteiger partial charge in [-0.05, 0) is 48.0 Å². The molecule has 0 saturated heterocycles. The van der Waals surface area contributed by atoms with Crippen LogP contribution in [-0.4, -0.2) is 34.6 Å². The molecule has 9 heteroatoms. The number of benzene rings is 1. The highest BCUT2D eigenvalue weighted by atomic mass is 32.1. The number of nitrogens with zero attached hydrogens (tertiary/aromatic N) is 3. The minimum Gasteiger partial charge on any atom is -0.495 e. The van der Waals surface area contributed by atoms with Crippen LogP contribution in [0.3, 0.4) is 0 Å². The third-order valence-corrected chi connectivity index (χ3v) is 6.59. The molecule has 2 heterocycles. The Bertz CT molecular complexity index is 986. The highest BCUT2D eigenvalue weighted by Gasteiger charge is 2.37. The fourth-order valence-electron chi connectivity index (χ4n) is 3.75. The van der Waals surface area contributed by atoms with Gasteiger partial charge >= 0.3 is 0 Å². The molecular weight excluding hydrogens is 420 g/mol. The number of aromatic nitrogens is 2. The minimum atomic E-state index is -0.837. The van der Waals surface area contributed by atoms with Crippen LogP contribution >= 0.6 is 22.9 Å². The van der Waals surface area contributed by atoms with Crippen molar-refractivity contribution in [2.45, 2.75) is 37.8 Å². The second-order valence-corrected chi connectivity index (χ2v) is 8.63. The van der Waals surface area contributed by atoms with Gasteiger partial charge in [0.2, 0.25) is 5.91 Å². The lowest BCUT2D eigenvalue weighted by Crippen LogP contribution is -2.46. The molecule has 0 unspecified atom stereocenters. The van der Waals surface area contributed by atoms with Gasteiger partial charge < -0.3 is 10.1 Å². The van der Waals surface area contributed by atoms with Crippen molar-refractivity contribution in [3.8, 4) is 5.75 Å². The van der Waals surface area contributed by atoms with Crippen LogP contribution in [-0.2, 0) is 4.79 Å². The average Bonchev–Trinajstić information content (AvgIpc) is 3.55. The van der Waals surface area contributed by atoms with Gasteiger partial charge in [0, 0.05) is 16.3 Å². The highest BCUT2D eigenvalue weighted by Crippen LogP contribution is 2.37. The molecular formula is C21H22N4O3S2. The standard InChI is InChI=1S/C21H22N4O3S2/c1-28-17-10-5-4-9-16(17)25(21(27)15-13-30-24-23-15)19(18-11-6-12-29-18)20(26)22-14-7-2-3-8-14/h4-6,9-14,19H,2-3,7-8H2,1H3,(H,22,26)/t19-/m1/s1. The number of para-hydroxylation sites is 2. The molecule has 0 spiro atoms. The smallest absolute Gasteiger partial charge is 0.280 e. The van der Waals surface area contributed by atoms with Crippen LogP contribution in [0.1, 0.15) is 47.1 Å². The van der Waals surface area contributed by atoms with Gasteiger partial charge in [-0.1, -0.05) is 35.5 Å². The lowest BCUT2D eigenvalue weighted by molar-refractivity contribution is -0.123. The maximum atomic E-state index is 13.6.